The standard InChI is InChI=1S/C12H15ClF2O2/c1-8(13)3-4-9-5-6-10(16-2)11(7-9)17-12(14)15/h5-8,12H,3-4H2,1-2H3. The van der Waals surface area contributed by atoms with E-state index in [0.717, 1.165) is 12.0 Å². The Balaban J connectivity index is 2.80. The second kappa shape index (κ2) is 6.64. The molecule has 1 unspecified atom stereocenters. The van der Waals surface area contributed by atoms with E-state index in [1.165, 1.54) is 7.11 Å². The van der Waals surface area contributed by atoms with Crippen LogP contribution in [0.4, 0.5) is 8.78 Å². The lowest BCUT2D eigenvalue weighted by Crippen LogP contribution is -2.04. The van der Waals surface area contributed by atoms with E-state index < -0.39 is 6.61 Å². The first-order valence-corrected chi connectivity index (χ1v) is 5.72. The topological polar surface area (TPSA) is 18.5 Å². The zero-order chi connectivity index (χ0) is 12.8. The molecule has 0 radical (unpaired) electrons. The predicted octanol–water partition coefficient (Wildman–Crippen LogP) is 3.86. The Hall–Kier alpha value is -1.03. The van der Waals surface area contributed by atoms with E-state index in [0.29, 0.717) is 12.2 Å². The van der Waals surface area contributed by atoms with Crippen LogP contribution >= 0.6 is 11.6 Å². The van der Waals surface area contributed by atoms with Gasteiger partial charge in [0, 0.05) is 5.38 Å². The van der Waals surface area contributed by atoms with E-state index in [1.54, 1.807) is 12.1 Å². The number of rotatable bonds is 6. The quantitative estimate of drug-likeness (QED) is 0.727. The van der Waals surface area contributed by atoms with Crippen LogP contribution in [0.3, 0.4) is 0 Å². The molecule has 1 aromatic rings. The third kappa shape index (κ3) is 4.77. The van der Waals surface area contributed by atoms with Gasteiger partial charge in [0.15, 0.2) is 11.5 Å². The molecule has 0 aromatic heterocycles. The zero-order valence-electron chi connectivity index (χ0n) is 9.75. The highest BCUT2D eigenvalue weighted by Crippen LogP contribution is 2.30. The average Bonchev–Trinajstić information content (AvgIpc) is 2.25. The van der Waals surface area contributed by atoms with Crippen molar-refractivity contribution in [3.63, 3.8) is 0 Å². The summed E-state index contributed by atoms with van der Waals surface area (Å²) in [6, 6.07) is 4.99. The number of benzene rings is 1. The van der Waals surface area contributed by atoms with E-state index in [4.69, 9.17) is 16.3 Å². The molecule has 0 N–H and O–H groups in total. The van der Waals surface area contributed by atoms with Crippen LogP contribution in [0.1, 0.15) is 18.9 Å². The van der Waals surface area contributed by atoms with Gasteiger partial charge < -0.3 is 9.47 Å². The molecule has 5 heteroatoms. The minimum absolute atomic E-state index is 0.0524. The number of hydrogen-bond acceptors (Lipinski definition) is 2. The van der Waals surface area contributed by atoms with Crippen LogP contribution in [-0.4, -0.2) is 19.1 Å². The Morgan fingerprint density at radius 1 is 1.29 bits per heavy atom. The molecule has 1 aromatic carbocycles. The fraction of sp³-hybridized carbons (Fsp3) is 0.500. The Morgan fingerprint density at radius 3 is 2.53 bits per heavy atom. The monoisotopic (exact) mass is 264 g/mol. The smallest absolute Gasteiger partial charge is 0.387 e. The minimum Gasteiger partial charge on any atom is -0.493 e. The molecule has 0 spiro atoms. The van der Waals surface area contributed by atoms with Gasteiger partial charge in [-0.15, -0.1) is 11.6 Å². The molecule has 0 aliphatic rings. The summed E-state index contributed by atoms with van der Waals surface area (Å²) in [6.07, 6.45) is 1.50. The average molecular weight is 265 g/mol. The summed E-state index contributed by atoms with van der Waals surface area (Å²) in [4.78, 5) is 0. The molecule has 0 heterocycles. The summed E-state index contributed by atoms with van der Waals surface area (Å²) in [5.41, 5.74) is 0.897. The molecule has 96 valence electrons. The number of hydrogen-bond donors (Lipinski definition) is 0. The number of alkyl halides is 3. The SMILES string of the molecule is COc1ccc(CCC(C)Cl)cc1OC(F)F. The molecule has 0 fully saturated rings. The fourth-order valence-corrected chi connectivity index (χ4v) is 1.54. The molecule has 0 aliphatic carbocycles. The molecule has 0 amide bonds. The second-order valence-electron chi connectivity index (χ2n) is 3.68. The van der Waals surface area contributed by atoms with Crippen LogP contribution in [0, 0.1) is 0 Å². The van der Waals surface area contributed by atoms with E-state index in [9.17, 15) is 8.78 Å². The van der Waals surface area contributed by atoms with Crippen molar-refractivity contribution in [3.8, 4) is 11.5 Å². The number of aryl methyl sites for hydroxylation is 1. The molecule has 0 aliphatic heterocycles. The van der Waals surface area contributed by atoms with Gasteiger partial charge in [-0.05, 0) is 37.5 Å². The summed E-state index contributed by atoms with van der Waals surface area (Å²) >= 11 is 5.83. The van der Waals surface area contributed by atoms with Crippen molar-refractivity contribution in [1.82, 2.24) is 0 Å². The molecule has 1 rings (SSSR count). The highest BCUT2D eigenvalue weighted by atomic mass is 35.5. The van der Waals surface area contributed by atoms with Crippen molar-refractivity contribution >= 4 is 11.6 Å². The van der Waals surface area contributed by atoms with Crippen LogP contribution in [-0.2, 0) is 6.42 Å². The highest BCUT2D eigenvalue weighted by molar-refractivity contribution is 6.20. The van der Waals surface area contributed by atoms with Crippen molar-refractivity contribution in [2.45, 2.75) is 31.8 Å². The fourth-order valence-electron chi connectivity index (χ4n) is 1.43. The van der Waals surface area contributed by atoms with E-state index >= 15 is 0 Å². The number of ether oxygens (including phenoxy) is 2. The predicted molar refractivity (Wildman–Crippen MR) is 63.3 cm³/mol. The third-order valence-corrected chi connectivity index (χ3v) is 2.49. The molecular weight excluding hydrogens is 250 g/mol. The Morgan fingerprint density at radius 2 is 2.00 bits per heavy atom. The molecule has 0 bridgehead atoms. The molecule has 2 nitrogen and oxygen atoms in total. The van der Waals surface area contributed by atoms with Gasteiger partial charge in [0.2, 0.25) is 0 Å². The van der Waals surface area contributed by atoms with E-state index in [1.807, 2.05) is 13.0 Å². The van der Waals surface area contributed by atoms with E-state index in [-0.39, 0.29) is 11.1 Å². The molecule has 0 saturated heterocycles. The van der Waals surface area contributed by atoms with Crippen LogP contribution in [0.15, 0.2) is 18.2 Å². The number of methoxy groups -OCH3 is 1. The minimum atomic E-state index is -2.86. The molecule has 0 saturated carbocycles. The molecular formula is C12H15ClF2O2. The lowest BCUT2D eigenvalue weighted by atomic mass is 10.1. The van der Waals surface area contributed by atoms with Gasteiger partial charge in [-0.2, -0.15) is 8.78 Å². The zero-order valence-corrected chi connectivity index (χ0v) is 10.5. The van der Waals surface area contributed by atoms with Gasteiger partial charge in [-0.3, -0.25) is 0 Å². The summed E-state index contributed by atoms with van der Waals surface area (Å²) in [6.45, 7) is -0.965. The first kappa shape index (κ1) is 14.0. The van der Waals surface area contributed by atoms with Crippen LogP contribution < -0.4 is 9.47 Å². The van der Waals surface area contributed by atoms with Crippen molar-refractivity contribution < 1.29 is 18.3 Å². The van der Waals surface area contributed by atoms with Crippen molar-refractivity contribution in [2.24, 2.45) is 0 Å². The largest absolute Gasteiger partial charge is 0.493 e. The maximum absolute atomic E-state index is 12.2. The number of halogens is 3. The van der Waals surface area contributed by atoms with Gasteiger partial charge in [0.1, 0.15) is 0 Å². The molecule has 17 heavy (non-hydrogen) atoms. The highest BCUT2D eigenvalue weighted by Gasteiger charge is 2.11. The van der Waals surface area contributed by atoms with Gasteiger partial charge >= 0.3 is 6.61 Å². The maximum Gasteiger partial charge on any atom is 0.387 e. The maximum atomic E-state index is 12.2. The lowest BCUT2D eigenvalue weighted by molar-refractivity contribution is -0.0512. The first-order valence-electron chi connectivity index (χ1n) is 5.28. The van der Waals surface area contributed by atoms with E-state index in [2.05, 4.69) is 4.74 Å². The summed E-state index contributed by atoms with van der Waals surface area (Å²) in [5.74, 6) is 0.357. The van der Waals surface area contributed by atoms with Gasteiger partial charge in [0.05, 0.1) is 7.11 Å². The van der Waals surface area contributed by atoms with Crippen molar-refractivity contribution in [1.29, 1.82) is 0 Å². The summed E-state index contributed by atoms with van der Waals surface area (Å²) in [7, 11) is 1.41. The summed E-state index contributed by atoms with van der Waals surface area (Å²) in [5, 5.41) is 0.0524. The first-order chi connectivity index (χ1) is 8.02. The Labute approximate surface area is 104 Å². The second-order valence-corrected chi connectivity index (χ2v) is 4.43. The lowest BCUT2D eigenvalue weighted by Gasteiger charge is -2.11. The van der Waals surface area contributed by atoms with Gasteiger partial charge in [0.25, 0.3) is 0 Å². The molecule has 1 atom stereocenters. The third-order valence-electron chi connectivity index (χ3n) is 2.27. The summed E-state index contributed by atoms with van der Waals surface area (Å²) < 4.78 is 33.7. The Bertz CT molecular complexity index is 356. The van der Waals surface area contributed by atoms with Crippen LogP contribution in [0.2, 0.25) is 0 Å². The Kier molecular flexibility index (Phi) is 5.48. The van der Waals surface area contributed by atoms with Crippen molar-refractivity contribution in [3.05, 3.63) is 23.8 Å². The van der Waals surface area contributed by atoms with Gasteiger partial charge in [-0.25, -0.2) is 0 Å². The van der Waals surface area contributed by atoms with Gasteiger partial charge in [-0.1, -0.05) is 6.07 Å². The van der Waals surface area contributed by atoms with Crippen LogP contribution in [0.25, 0.3) is 0 Å². The van der Waals surface area contributed by atoms with Crippen LogP contribution in [0.5, 0.6) is 11.5 Å². The normalized spacial score (nSPS) is 12.6. The van der Waals surface area contributed by atoms with Crippen molar-refractivity contribution in [2.75, 3.05) is 7.11 Å².